The van der Waals surface area contributed by atoms with Crippen molar-refractivity contribution in [2.45, 2.75) is 13.0 Å². The normalized spacial score (nSPS) is 10.3. The van der Waals surface area contributed by atoms with Gasteiger partial charge in [0.25, 0.3) is 0 Å². The number of hydrogen-bond donors (Lipinski definition) is 0. The van der Waals surface area contributed by atoms with Crippen LogP contribution in [0.2, 0.25) is 0 Å². The van der Waals surface area contributed by atoms with Crippen molar-refractivity contribution in [2.24, 2.45) is 0 Å². The lowest BCUT2D eigenvalue weighted by molar-refractivity contribution is 0.107. The Hall–Kier alpha value is -0.280. The van der Waals surface area contributed by atoms with E-state index < -0.39 is 0 Å². The van der Waals surface area contributed by atoms with E-state index in [1.807, 2.05) is 12.1 Å². The van der Waals surface area contributed by atoms with Crippen molar-refractivity contribution in [3.8, 4) is 0 Å². The molecule has 62 valence electrons. The van der Waals surface area contributed by atoms with E-state index in [1.165, 1.54) is 0 Å². The van der Waals surface area contributed by atoms with Crippen LogP contribution < -0.4 is 0 Å². The fraction of sp³-hybridized carbons (Fsp3) is 0.500. The topological polar surface area (TPSA) is 22.4 Å². The molecule has 0 atom stereocenters. The van der Waals surface area contributed by atoms with Crippen molar-refractivity contribution in [3.05, 3.63) is 24.2 Å². The fourth-order valence-corrected chi connectivity index (χ4v) is 0.953. The van der Waals surface area contributed by atoms with Crippen LogP contribution in [0.25, 0.3) is 0 Å². The second-order valence-corrected chi connectivity index (χ2v) is 2.97. The summed E-state index contributed by atoms with van der Waals surface area (Å²) in [5, 5.41) is 0.991. The van der Waals surface area contributed by atoms with Crippen LogP contribution >= 0.6 is 15.9 Å². The summed E-state index contributed by atoms with van der Waals surface area (Å²) in [5.41, 5.74) is 0. The van der Waals surface area contributed by atoms with Gasteiger partial charge in [0.2, 0.25) is 0 Å². The third-order valence-corrected chi connectivity index (χ3v) is 1.81. The molecule has 0 spiro atoms. The Balaban J connectivity index is 2.04. The first-order chi connectivity index (χ1) is 5.43. The predicted octanol–water partition coefficient (Wildman–Crippen LogP) is 2.58. The summed E-state index contributed by atoms with van der Waals surface area (Å²) in [4.78, 5) is 0. The summed E-state index contributed by atoms with van der Waals surface area (Å²) in [5.74, 6) is 0.888. The zero-order valence-corrected chi connectivity index (χ0v) is 7.84. The Kier molecular flexibility index (Phi) is 4.31. The number of rotatable bonds is 5. The zero-order chi connectivity index (χ0) is 7.94. The molecular formula is C8H11BrO2. The quantitative estimate of drug-likeness (QED) is 0.560. The summed E-state index contributed by atoms with van der Waals surface area (Å²) in [6, 6.07) is 3.78. The Morgan fingerprint density at radius 1 is 1.55 bits per heavy atom. The standard InChI is InChI=1S/C8H11BrO2/c9-4-2-5-10-7-8-3-1-6-11-8/h1,3,6H,2,4-5,7H2. The van der Waals surface area contributed by atoms with Gasteiger partial charge in [-0.25, -0.2) is 0 Å². The molecular weight excluding hydrogens is 208 g/mol. The smallest absolute Gasteiger partial charge is 0.129 e. The lowest BCUT2D eigenvalue weighted by Gasteiger charge is -1.98. The molecule has 2 nitrogen and oxygen atoms in total. The number of halogens is 1. The van der Waals surface area contributed by atoms with Gasteiger partial charge in [-0.2, -0.15) is 0 Å². The molecule has 0 aliphatic rings. The van der Waals surface area contributed by atoms with Gasteiger partial charge in [-0.15, -0.1) is 0 Å². The molecule has 0 fully saturated rings. The molecule has 0 aliphatic carbocycles. The Morgan fingerprint density at radius 3 is 3.09 bits per heavy atom. The molecule has 0 bridgehead atoms. The summed E-state index contributed by atoms with van der Waals surface area (Å²) in [6.07, 6.45) is 2.70. The second kappa shape index (κ2) is 5.38. The van der Waals surface area contributed by atoms with Gasteiger partial charge in [-0.1, -0.05) is 15.9 Å². The summed E-state index contributed by atoms with van der Waals surface area (Å²) in [6.45, 7) is 1.37. The first-order valence-corrected chi connectivity index (χ1v) is 4.71. The molecule has 0 amide bonds. The van der Waals surface area contributed by atoms with E-state index >= 15 is 0 Å². The van der Waals surface area contributed by atoms with E-state index in [-0.39, 0.29) is 0 Å². The first-order valence-electron chi connectivity index (χ1n) is 3.59. The molecule has 1 heterocycles. The minimum absolute atomic E-state index is 0.583. The first kappa shape index (κ1) is 8.81. The van der Waals surface area contributed by atoms with Gasteiger partial charge >= 0.3 is 0 Å². The van der Waals surface area contributed by atoms with Gasteiger partial charge in [0.15, 0.2) is 0 Å². The van der Waals surface area contributed by atoms with Crippen LogP contribution in [-0.4, -0.2) is 11.9 Å². The molecule has 0 aliphatic heterocycles. The highest BCUT2D eigenvalue weighted by atomic mass is 79.9. The summed E-state index contributed by atoms with van der Waals surface area (Å²) >= 11 is 3.32. The third kappa shape index (κ3) is 3.58. The Bertz CT molecular complexity index is 172. The minimum atomic E-state index is 0.583. The highest BCUT2D eigenvalue weighted by Crippen LogP contribution is 2.01. The third-order valence-electron chi connectivity index (χ3n) is 1.25. The van der Waals surface area contributed by atoms with Gasteiger partial charge in [0, 0.05) is 11.9 Å². The van der Waals surface area contributed by atoms with Crippen molar-refractivity contribution in [1.29, 1.82) is 0 Å². The van der Waals surface area contributed by atoms with Gasteiger partial charge in [-0.3, -0.25) is 0 Å². The molecule has 1 aromatic rings. The average Bonchev–Trinajstić information content (AvgIpc) is 2.50. The maximum Gasteiger partial charge on any atom is 0.129 e. The average molecular weight is 219 g/mol. The maximum atomic E-state index is 5.29. The van der Waals surface area contributed by atoms with E-state index in [2.05, 4.69) is 15.9 Å². The van der Waals surface area contributed by atoms with E-state index in [1.54, 1.807) is 6.26 Å². The summed E-state index contributed by atoms with van der Waals surface area (Å²) < 4.78 is 10.4. The molecule has 11 heavy (non-hydrogen) atoms. The molecule has 0 saturated heterocycles. The largest absolute Gasteiger partial charge is 0.467 e. The SMILES string of the molecule is BrCCCOCc1ccco1. The van der Waals surface area contributed by atoms with Gasteiger partial charge in [0.1, 0.15) is 12.4 Å². The van der Waals surface area contributed by atoms with E-state index in [4.69, 9.17) is 9.15 Å². The van der Waals surface area contributed by atoms with Crippen molar-refractivity contribution in [1.82, 2.24) is 0 Å². The fourth-order valence-electron chi connectivity index (χ4n) is 0.724. The van der Waals surface area contributed by atoms with Crippen LogP contribution in [0.1, 0.15) is 12.2 Å². The van der Waals surface area contributed by atoms with Crippen molar-refractivity contribution in [2.75, 3.05) is 11.9 Å². The second-order valence-electron chi connectivity index (χ2n) is 2.17. The van der Waals surface area contributed by atoms with Gasteiger partial charge in [0.05, 0.1) is 6.26 Å². The van der Waals surface area contributed by atoms with E-state index in [0.29, 0.717) is 6.61 Å². The summed E-state index contributed by atoms with van der Waals surface area (Å²) in [7, 11) is 0. The Morgan fingerprint density at radius 2 is 2.45 bits per heavy atom. The monoisotopic (exact) mass is 218 g/mol. The van der Waals surface area contributed by atoms with E-state index in [0.717, 1.165) is 24.1 Å². The van der Waals surface area contributed by atoms with Crippen LogP contribution in [0.3, 0.4) is 0 Å². The van der Waals surface area contributed by atoms with Gasteiger partial charge in [-0.05, 0) is 18.6 Å². The molecule has 1 rings (SSSR count). The van der Waals surface area contributed by atoms with Gasteiger partial charge < -0.3 is 9.15 Å². The van der Waals surface area contributed by atoms with Crippen molar-refractivity contribution in [3.63, 3.8) is 0 Å². The van der Waals surface area contributed by atoms with Crippen molar-refractivity contribution < 1.29 is 9.15 Å². The highest BCUT2D eigenvalue weighted by Gasteiger charge is 1.93. The van der Waals surface area contributed by atoms with E-state index in [9.17, 15) is 0 Å². The number of alkyl halides is 1. The molecule has 0 aromatic carbocycles. The van der Waals surface area contributed by atoms with Crippen LogP contribution in [0, 0.1) is 0 Å². The van der Waals surface area contributed by atoms with Crippen molar-refractivity contribution >= 4 is 15.9 Å². The lowest BCUT2D eigenvalue weighted by atomic mass is 10.5. The maximum absolute atomic E-state index is 5.29. The van der Waals surface area contributed by atoms with Crippen LogP contribution in [0.5, 0.6) is 0 Å². The predicted molar refractivity (Wildman–Crippen MR) is 46.8 cm³/mol. The molecule has 0 unspecified atom stereocenters. The molecule has 0 radical (unpaired) electrons. The number of ether oxygens (including phenoxy) is 1. The van der Waals surface area contributed by atoms with Crippen LogP contribution in [0.4, 0.5) is 0 Å². The minimum Gasteiger partial charge on any atom is -0.467 e. The highest BCUT2D eigenvalue weighted by molar-refractivity contribution is 9.09. The van der Waals surface area contributed by atoms with Crippen LogP contribution in [0.15, 0.2) is 22.8 Å². The molecule has 1 aromatic heterocycles. The van der Waals surface area contributed by atoms with Crippen LogP contribution in [-0.2, 0) is 11.3 Å². The lowest BCUT2D eigenvalue weighted by Crippen LogP contribution is -1.94. The number of furan rings is 1. The number of hydrogen-bond acceptors (Lipinski definition) is 2. The Labute approximate surface area is 74.7 Å². The molecule has 0 saturated carbocycles. The zero-order valence-electron chi connectivity index (χ0n) is 6.25. The molecule has 3 heteroatoms. The molecule has 0 N–H and O–H groups in total.